The Balaban J connectivity index is 1.76. The van der Waals surface area contributed by atoms with Gasteiger partial charge in [0, 0.05) is 23.3 Å². The molecule has 43 heavy (non-hydrogen) atoms. The molecule has 226 valence electrons. The largest absolute Gasteiger partial charge is 0.748 e. The van der Waals surface area contributed by atoms with Crippen molar-refractivity contribution in [3.8, 4) is 0 Å². The van der Waals surface area contributed by atoms with Gasteiger partial charge in [-0.1, -0.05) is 54.1 Å². The second-order valence-electron chi connectivity index (χ2n) is 9.92. The van der Waals surface area contributed by atoms with E-state index in [0.29, 0.717) is 33.1 Å². The molecule has 10 nitrogen and oxygen atoms in total. The molecule has 2 aromatic heterocycles. The first-order valence-corrected chi connectivity index (χ1v) is 17.9. The van der Waals surface area contributed by atoms with Crippen LogP contribution in [0, 0.1) is 5.84 Å². The zero-order valence-electron chi connectivity index (χ0n) is 23.3. The number of aryl methyl sites for hydroxylation is 1. The van der Waals surface area contributed by atoms with Crippen LogP contribution in [0.15, 0.2) is 64.6 Å². The Kier molecular flexibility index (Phi) is 8.93. The third kappa shape index (κ3) is 7.08. The van der Waals surface area contributed by atoms with E-state index in [9.17, 15) is 26.5 Å². The molecule has 0 radical (unpaired) electrons. The van der Waals surface area contributed by atoms with E-state index in [1.807, 2.05) is 66.1 Å². The minimum absolute atomic E-state index is 0.0433. The van der Waals surface area contributed by atoms with Gasteiger partial charge in [0.15, 0.2) is 16.7 Å². The SMILES string of the molecule is CCC(/C=c1\sc2ccc(Cl)cc2\[n+]1=C(/CO)NS(C)(=O)=O)=C\c1oc2ccc3ccccc3c2[n+]1CCCS(=O)(=O)[O-]. The van der Waals surface area contributed by atoms with Crippen LogP contribution < -0.4 is 18.2 Å². The Morgan fingerprint density at radius 3 is 2.60 bits per heavy atom. The van der Waals surface area contributed by atoms with Crippen molar-refractivity contribution in [2.45, 2.75) is 26.3 Å². The van der Waals surface area contributed by atoms with E-state index in [-0.39, 0.29) is 18.8 Å². The number of thiazole rings is 1. The molecule has 0 amide bonds. The maximum atomic E-state index is 12.1. The van der Waals surface area contributed by atoms with Crippen molar-refractivity contribution in [1.82, 2.24) is 4.72 Å². The Morgan fingerprint density at radius 1 is 1.14 bits per heavy atom. The van der Waals surface area contributed by atoms with E-state index in [4.69, 9.17) is 16.0 Å². The lowest BCUT2D eigenvalue weighted by Crippen LogP contribution is -2.44. The summed E-state index contributed by atoms with van der Waals surface area (Å²) in [4.78, 5) is 0. The van der Waals surface area contributed by atoms with Gasteiger partial charge in [-0.25, -0.2) is 8.42 Å². The van der Waals surface area contributed by atoms with Crippen molar-refractivity contribution in [2.75, 3.05) is 18.6 Å². The number of aliphatic hydroxyl groups is 1. The predicted molar refractivity (Wildman–Crippen MR) is 166 cm³/mol. The summed E-state index contributed by atoms with van der Waals surface area (Å²) in [7, 11) is -8.10. The number of aromatic nitrogens is 2. The fourth-order valence-corrected chi connectivity index (χ4v) is 7.29. The average molecular weight is 663 g/mol. The topological polar surface area (TPSA) is 147 Å². The van der Waals surface area contributed by atoms with Crippen molar-refractivity contribution in [3.05, 3.63) is 81.6 Å². The molecular formula is C29H29ClN3O7S3+. The van der Waals surface area contributed by atoms with Crippen LogP contribution in [-0.4, -0.2) is 45.1 Å². The minimum atomic E-state index is -4.40. The molecule has 0 aliphatic heterocycles. The third-order valence-corrected chi connectivity index (χ3v) is 9.44. The van der Waals surface area contributed by atoms with Gasteiger partial charge >= 0.3 is 5.89 Å². The van der Waals surface area contributed by atoms with Crippen LogP contribution in [0.4, 0.5) is 0 Å². The van der Waals surface area contributed by atoms with Gasteiger partial charge in [0.25, 0.3) is 21.4 Å². The van der Waals surface area contributed by atoms with Gasteiger partial charge < -0.3 is 14.1 Å². The molecule has 5 aromatic rings. The van der Waals surface area contributed by atoms with Gasteiger partial charge in [-0.3, -0.25) is 0 Å². The van der Waals surface area contributed by atoms with Crippen molar-refractivity contribution in [2.24, 2.45) is 0 Å². The van der Waals surface area contributed by atoms with Crippen LogP contribution in [0.1, 0.15) is 25.7 Å². The van der Waals surface area contributed by atoms with Crippen LogP contribution in [0.3, 0.4) is 0 Å². The van der Waals surface area contributed by atoms with E-state index in [1.54, 1.807) is 16.4 Å². The van der Waals surface area contributed by atoms with Crippen LogP contribution in [-0.2, 0) is 26.7 Å². The molecule has 2 N–H and O–H groups in total. The number of halogens is 1. The average Bonchev–Trinajstić information content (AvgIpc) is 3.47. The monoisotopic (exact) mass is 662 g/mol. The normalized spacial score (nSPS) is 14.3. The van der Waals surface area contributed by atoms with Crippen LogP contribution in [0.25, 0.3) is 44.2 Å². The summed E-state index contributed by atoms with van der Waals surface area (Å²) < 4.78 is 72.0. The molecule has 5 rings (SSSR count). The van der Waals surface area contributed by atoms with Gasteiger partial charge in [0.1, 0.15) is 6.61 Å². The van der Waals surface area contributed by atoms with Crippen LogP contribution in [0.5, 0.6) is 0 Å². The second kappa shape index (κ2) is 12.3. The predicted octanol–water partition coefficient (Wildman–Crippen LogP) is 3.12. The number of rotatable bonds is 10. The Morgan fingerprint density at radius 2 is 1.91 bits per heavy atom. The molecule has 14 heteroatoms. The summed E-state index contributed by atoms with van der Waals surface area (Å²) >= 11 is 7.66. The van der Waals surface area contributed by atoms with Crippen molar-refractivity contribution < 1.29 is 39.7 Å². The molecule has 0 aliphatic carbocycles. The molecular weight excluding hydrogens is 634 g/mol. The highest BCUT2D eigenvalue weighted by molar-refractivity contribution is 7.88. The third-order valence-electron chi connectivity index (χ3n) is 6.74. The number of benzene rings is 3. The number of nitrogens with one attached hydrogen (secondary N) is 1. The zero-order valence-corrected chi connectivity index (χ0v) is 26.5. The highest BCUT2D eigenvalue weighted by Crippen LogP contribution is 2.26. The molecule has 0 aliphatic rings. The molecule has 0 fully saturated rings. The van der Waals surface area contributed by atoms with E-state index >= 15 is 0 Å². The lowest BCUT2D eigenvalue weighted by atomic mass is 10.1. The number of sulfonamides is 1. The highest BCUT2D eigenvalue weighted by Gasteiger charge is 2.24. The fourth-order valence-electron chi connectivity index (χ4n) is 4.93. The van der Waals surface area contributed by atoms with Gasteiger partial charge in [-0.05, 0) is 47.7 Å². The van der Waals surface area contributed by atoms with Gasteiger partial charge in [0.05, 0.1) is 32.5 Å². The summed E-state index contributed by atoms with van der Waals surface area (Å²) in [5.41, 5.74) is 2.80. The van der Waals surface area contributed by atoms with Gasteiger partial charge in [-0.2, -0.15) is 21.9 Å². The number of hydrogen-bond acceptors (Lipinski definition) is 8. The fraction of sp³-hybridized carbons (Fsp3) is 0.241. The quantitative estimate of drug-likeness (QED) is 0.173. The number of fused-ring (bicyclic) bond motifs is 4. The van der Waals surface area contributed by atoms with Gasteiger partial charge in [-0.15, -0.1) is 0 Å². The van der Waals surface area contributed by atoms with E-state index in [2.05, 4.69) is 4.72 Å². The Labute approximate surface area is 257 Å². The summed E-state index contributed by atoms with van der Waals surface area (Å²) in [6.07, 6.45) is 5.37. The molecule has 2 heterocycles. The first-order valence-electron chi connectivity index (χ1n) is 13.3. The molecule has 0 saturated carbocycles. The minimum Gasteiger partial charge on any atom is -0.748 e. The number of oxazole rings is 1. The maximum Gasteiger partial charge on any atom is 0.374 e. The maximum absolute atomic E-state index is 12.1. The van der Waals surface area contributed by atoms with E-state index in [0.717, 1.165) is 32.8 Å². The van der Waals surface area contributed by atoms with Crippen molar-refractivity contribution in [1.29, 1.82) is 0 Å². The standard InChI is InChI=1S/C29H28ClN3O7S3/c1-3-19(16-28-33(26(18-34)31-42(2,35)36)23-17-21(30)10-12-25(23)41-28)15-27-32(13-6-14-43(37,38)39)29-22-8-5-4-7-20(22)9-11-24(29)40-27/h4-5,7-12,15-17,34H,3,6,13-14,18H2,1-2H3/p+1. The summed E-state index contributed by atoms with van der Waals surface area (Å²) in [5.74, 6) is -0.00830. The summed E-state index contributed by atoms with van der Waals surface area (Å²) in [6.45, 7) is 1.60. The van der Waals surface area contributed by atoms with E-state index in [1.165, 1.54) is 11.3 Å². The first-order chi connectivity index (χ1) is 20.4. The molecule has 0 saturated heterocycles. The van der Waals surface area contributed by atoms with Crippen molar-refractivity contribution >= 4 is 87.3 Å². The lowest BCUT2D eigenvalue weighted by molar-refractivity contribution is -0.677. The first kappa shape index (κ1) is 31.1. The Bertz CT molecular complexity index is 2240. The number of hydrogen-bond donors (Lipinski definition) is 2. The lowest BCUT2D eigenvalue weighted by Gasteiger charge is -2.04. The smallest absolute Gasteiger partial charge is 0.374 e. The summed E-state index contributed by atoms with van der Waals surface area (Å²) in [5, 5.41) is 12.5. The zero-order chi connectivity index (χ0) is 30.9. The highest BCUT2D eigenvalue weighted by atomic mass is 35.5. The van der Waals surface area contributed by atoms with Crippen LogP contribution >= 0.6 is 22.9 Å². The second-order valence-corrected chi connectivity index (χ2v) is 14.7. The summed E-state index contributed by atoms with van der Waals surface area (Å²) in [6, 6.07) is 16.8. The number of aliphatic hydroxyl groups excluding tert-OH is 1. The van der Waals surface area contributed by atoms with Crippen LogP contribution in [0.2, 0.25) is 5.02 Å². The number of allylic oxidation sites excluding steroid dienone is 1. The molecule has 0 bridgehead atoms. The number of nitrogens with zero attached hydrogens (tertiary/aromatic N) is 2. The molecule has 3 aromatic carbocycles. The van der Waals surface area contributed by atoms with Crippen molar-refractivity contribution in [3.63, 3.8) is 0 Å². The molecule has 0 unspecified atom stereocenters. The van der Waals surface area contributed by atoms with E-state index < -0.39 is 32.5 Å². The van der Waals surface area contributed by atoms with Gasteiger partial charge in [0.2, 0.25) is 5.58 Å². The Hall–Kier alpha value is -3.33. The molecule has 0 atom stereocenters. The molecule has 0 spiro atoms.